The molecule has 0 aliphatic heterocycles. The molecule has 1 unspecified atom stereocenters. The van der Waals surface area contributed by atoms with E-state index in [0.29, 0.717) is 0 Å². The molecule has 0 aliphatic rings. The minimum atomic E-state index is -3.31. The lowest BCUT2D eigenvalue weighted by Crippen LogP contribution is -2.28. The molecule has 0 radical (unpaired) electrons. The Morgan fingerprint density at radius 2 is 1.53 bits per heavy atom. The molecule has 1 aromatic carbocycles. The SMILES string of the molecule is COP(=O)(OC)C(O[Si](C)(C)C)c1ccc(C)cc1. The predicted molar refractivity (Wildman–Crippen MR) is 80.0 cm³/mol. The molecule has 4 nitrogen and oxygen atoms in total. The molecule has 19 heavy (non-hydrogen) atoms. The molecular weight excluding hydrogens is 279 g/mol. The highest BCUT2D eigenvalue weighted by molar-refractivity contribution is 7.54. The van der Waals surface area contributed by atoms with Crippen molar-refractivity contribution in [1.29, 1.82) is 0 Å². The Hall–Kier alpha value is -0.453. The first kappa shape index (κ1) is 16.6. The van der Waals surface area contributed by atoms with Crippen LogP contribution in [0.3, 0.4) is 0 Å². The summed E-state index contributed by atoms with van der Waals surface area (Å²) in [4.78, 5) is 0. The third-order valence-electron chi connectivity index (χ3n) is 2.62. The Balaban J connectivity index is 3.19. The molecule has 0 spiro atoms. The van der Waals surface area contributed by atoms with Gasteiger partial charge in [0.25, 0.3) is 0 Å². The van der Waals surface area contributed by atoms with Gasteiger partial charge in [0.2, 0.25) is 0 Å². The van der Waals surface area contributed by atoms with Gasteiger partial charge in [-0.25, -0.2) is 0 Å². The van der Waals surface area contributed by atoms with Crippen molar-refractivity contribution in [2.24, 2.45) is 0 Å². The topological polar surface area (TPSA) is 44.8 Å². The Labute approximate surface area is 116 Å². The summed E-state index contributed by atoms with van der Waals surface area (Å²) in [6, 6.07) is 7.74. The molecule has 1 rings (SSSR count). The second kappa shape index (κ2) is 6.33. The molecule has 1 aromatic rings. The van der Waals surface area contributed by atoms with E-state index in [1.807, 2.05) is 50.8 Å². The average Bonchev–Trinajstić information content (AvgIpc) is 2.35. The molecule has 0 aromatic heterocycles. The molecule has 0 N–H and O–H groups in total. The van der Waals surface area contributed by atoms with Crippen molar-refractivity contribution in [3.63, 3.8) is 0 Å². The number of aryl methyl sites for hydroxylation is 1. The molecule has 1 atom stereocenters. The molecule has 0 heterocycles. The van der Waals surface area contributed by atoms with E-state index >= 15 is 0 Å². The monoisotopic (exact) mass is 302 g/mol. The van der Waals surface area contributed by atoms with Gasteiger partial charge in [-0.3, -0.25) is 4.57 Å². The molecule has 6 heteroatoms. The zero-order valence-corrected chi connectivity index (χ0v) is 14.4. The molecule has 0 bridgehead atoms. The lowest BCUT2D eigenvalue weighted by atomic mass is 10.2. The maximum absolute atomic E-state index is 12.7. The van der Waals surface area contributed by atoms with Gasteiger partial charge in [0, 0.05) is 14.2 Å². The van der Waals surface area contributed by atoms with Crippen molar-refractivity contribution >= 4 is 15.9 Å². The van der Waals surface area contributed by atoms with Crippen LogP contribution in [0.2, 0.25) is 19.6 Å². The van der Waals surface area contributed by atoms with E-state index in [-0.39, 0.29) is 0 Å². The fourth-order valence-electron chi connectivity index (χ4n) is 1.65. The second-order valence-electron chi connectivity index (χ2n) is 5.40. The standard InChI is InChI=1S/C13H23O4PSi/c1-11-7-9-12(10-8-11)13(17-19(4,5)6)18(14,15-2)16-3/h7-10,13H,1-6H3. The zero-order valence-electron chi connectivity index (χ0n) is 12.5. The van der Waals surface area contributed by atoms with Crippen LogP contribution in [0.25, 0.3) is 0 Å². The molecule has 108 valence electrons. The van der Waals surface area contributed by atoms with E-state index in [1.165, 1.54) is 14.2 Å². The van der Waals surface area contributed by atoms with Crippen molar-refractivity contribution in [1.82, 2.24) is 0 Å². The van der Waals surface area contributed by atoms with Gasteiger partial charge in [0.05, 0.1) is 0 Å². The van der Waals surface area contributed by atoms with Crippen molar-refractivity contribution in [2.75, 3.05) is 14.2 Å². The van der Waals surface area contributed by atoms with Crippen LogP contribution in [0.5, 0.6) is 0 Å². The fourth-order valence-corrected chi connectivity index (χ4v) is 4.99. The third kappa shape index (κ3) is 4.55. The quantitative estimate of drug-likeness (QED) is 0.579. The summed E-state index contributed by atoms with van der Waals surface area (Å²) in [7, 11) is -2.43. The third-order valence-corrected chi connectivity index (χ3v) is 5.76. The fraction of sp³-hybridized carbons (Fsp3) is 0.538. The average molecular weight is 302 g/mol. The molecule has 0 saturated heterocycles. The normalized spacial score (nSPS) is 14.4. The van der Waals surface area contributed by atoms with Crippen LogP contribution in [0.15, 0.2) is 24.3 Å². The summed E-state index contributed by atoms with van der Waals surface area (Å²) < 4.78 is 28.9. The minimum Gasteiger partial charge on any atom is -0.400 e. The van der Waals surface area contributed by atoms with Gasteiger partial charge < -0.3 is 13.5 Å². The van der Waals surface area contributed by atoms with Gasteiger partial charge in [-0.15, -0.1) is 0 Å². The summed E-state index contributed by atoms with van der Waals surface area (Å²) in [6.45, 7) is 8.14. The smallest absolute Gasteiger partial charge is 0.362 e. The first-order chi connectivity index (χ1) is 8.72. The zero-order chi connectivity index (χ0) is 14.7. The highest BCUT2D eigenvalue weighted by Gasteiger charge is 2.39. The highest BCUT2D eigenvalue weighted by Crippen LogP contribution is 2.61. The highest BCUT2D eigenvalue weighted by atomic mass is 31.2. The lowest BCUT2D eigenvalue weighted by Gasteiger charge is -2.30. The number of rotatable bonds is 6. The number of benzene rings is 1. The van der Waals surface area contributed by atoms with Crippen LogP contribution in [-0.2, 0) is 18.0 Å². The van der Waals surface area contributed by atoms with Crippen LogP contribution in [0.4, 0.5) is 0 Å². The van der Waals surface area contributed by atoms with Gasteiger partial charge in [0.1, 0.15) is 0 Å². The van der Waals surface area contributed by atoms with E-state index < -0.39 is 21.8 Å². The summed E-state index contributed by atoms with van der Waals surface area (Å²) in [6.07, 6.45) is 0. The van der Waals surface area contributed by atoms with E-state index in [0.717, 1.165) is 11.1 Å². The molecular formula is C13H23O4PSi. The van der Waals surface area contributed by atoms with Crippen LogP contribution in [0, 0.1) is 6.92 Å². The first-order valence-corrected chi connectivity index (χ1v) is 11.2. The van der Waals surface area contributed by atoms with E-state index in [1.54, 1.807) is 0 Å². The van der Waals surface area contributed by atoms with Crippen LogP contribution >= 0.6 is 7.60 Å². The maximum atomic E-state index is 12.7. The number of hydrogen-bond donors (Lipinski definition) is 0. The summed E-state index contributed by atoms with van der Waals surface area (Å²) in [5.74, 6) is -0.672. The Kier molecular flexibility index (Phi) is 5.53. The van der Waals surface area contributed by atoms with Gasteiger partial charge >= 0.3 is 7.60 Å². The van der Waals surface area contributed by atoms with Crippen LogP contribution in [0.1, 0.15) is 17.0 Å². The summed E-state index contributed by atoms with van der Waals surface area (Å²) in [5.41, 5.74) is 1.96. The second-order valence-corrected chi connectivity index (χ2v) is 12.1. The largest absolute Gasteiger partial charge is 0.400 e. The predicted octanol–water partition coefficient (Wildman–Crippen LogP) is 4.33. The van der Waals surface area contributed by atoms with Crippen molar-refractivity contribution < 1.29 is 18.0 Å². The van der Waals surface area contributed by atoms with Gasteiger partial charge in [-0.2, -0.15) is 0 Å². The van der Waals surface area contributed by atoms with Gasteiger partial charge in [-0.1, -0.05) is 29.8 Å². The van der Waals surface area contributed by atoms with Gasteiger partial charge in [-0.05, 0) is 32.1 Å². The number of hydrogen-bond acceptors (Lipinski definition) is 4. The molecule has 0 saturated carbocycles. The van der Waals surface area contributed by atoms with E-state index in [4.69, 9.17) is 13.5 Å². The van der Waals surface area contributed by atoms with E-state index in [9.17, 15) is 4.57 Å². The molecule has 0 amide bonds. The Bertz CT molecular complexity index is 445. The van der Waals surface area contributed by atoms with Crippen LogP contribution < -0.4 is 0 Å². The Morgan fingerprint density at radius 3 is 1.89 bits per heavy atom. The van der Waals surface area contributed by atoms with Crippen molar-refractivity contribution in [3.05, 3.63) is 35.4 Å². The molecule has 0 aliphatic carbocycles. The lowest BCUT2D eigenvalue weighted by molar-refractivity contribution is 0.187. The molecule has 0 fully saturated rings. The summed E-state index contributed by atoms with van der Waals surface area (Å²) >= 11 is 0. The van der Waals surface area contributed by atoms with Crippen molar-refractivity contribution in [3.8, 4) is 0 Å². The van der Waals surface area contributed by atoms with Gasteiger partial charge in [0.15, 0.2) is 14.2 Å². The van der Waals surface area contributed by atoms with E-state index in [2.05, 4.69) is 0 Å². The van der Waals surface area contributed by atoms with Crippen LogP contribution in [-0.4, -0.2) is 22.5 Å². The minimum absolute atomic E-state index is 0.672. The Morgan fingerprint density at radius 1 is 1.05 bits per heavy atom. The summed E-state index contributed by atoms with van der Waals surface area (Å²) in [5, 5.41) is 0. The first-order valence-electron chi connectivity index (χ1n) is 6.17. The van der Waals surface area contributed by atoms with Crippen molar-refractivity contribution in [2.45, 2.75) is 32.4 Å². The maximum Gasteiger partial charge on any atom is 0.362 e.